The summed E-state index contributed by atoms with van der Waals surface area (Å²) in [5, 5.41) is 6.08. The summed E-state index contributed by atoms with van der Waals surface area (Å²) < 4.78 is 12.0. The molecule has 0 atom stereocenters. The number of anilines is 2. The minimum Gasteiger partial charge on any atom is -0.493 e. The maximum Gasteiger partial charge on any atom is 0.315 e. The van der Waals surface area contributed by atoms with Crippen LogP contribution in [-0.2, 0) is 9.59 Å². The number of H-pyrrole nitrogens is 1. The molecule has 0 saturated heterocycles. The Morgan fingerprint density at radius 3 is 2.44 bits per heavy atom. The van der Waals surface area contributed by atoms with Crippen LogP contribution in [0.2, 0.25) is 0 Å². The lowest BCUT2D eigenvalue weighted by Gasteiger charge is -2.13. The van der Waals surface area contributed by atoms with Gasteiger partial charge in [-0.3, -0.25) is 14.9 Å². The Kier molecular flexibility index (Phi) is 6.68. The minimum atomic E-state index is -0.850. The lowest BCUT2D eigenvalue weighted by Crippen LogP contribution is -2.29. The van der Waals surface area contributed by atoms with E-state index in [9.17, 15) is 9.59 Å². The van der Waals surface area contributed by atoms with Gasteiger partial charge in [0, 0.05) is 12.4 Å². The number of aromatic nitrogens is 3. The van der Waals surface area contributed by atoms with Crippen LogP contribution < -0.4 is 20.1 Å². The molecule has 3 N–H and O–H groups in total. The molecule has 162 valence electrons. The van der Waals surface area contributed by atoms with E-state index in [1.807, 2.05) is 6.07 Å². The van der Waals surface area contributed by atoms with Crippen LogP contribution in [-0.4, -0.2) is 33.9 Å². The number of hydrogen-bond donors (Lipinski definition) is 3. The SMILES string of the molecule is COc1ccccc1Oc1ccccc1NC(=O)C(=O)Nc1ncc(Sc2ncc[nH]2)s1. The number of para-hydroxylation sites is 4. The van der Waals surface area contributed by atoms with Gasteiger partial charge in [0.25, 0.3) is 0 Å². The zero-order valence-electron chi connectivity index (χ0n) is 16.7. The molecule has 0 unspecified atom stereocenters. The molecule has 0 radical (unpaired) electrons. The van der Waals surface area contributed by atoms with Gasteiger partial charge in [-0.2, -0.15) is 0 Å². The van der Waals surface area contributed by atoms with Crippen molar-refractivity contribution in [3.8, 4) is 17.2 Å². The van der Waals surface area contributed by atoms with E-state index >= 15 is 0 Å². The number of thiazole rings is 1. The monoisotopic (exact) mass is 467 g/mol. The molecule has 2 aromatic heterocycles. The lowest BCUT2D eigenvalue weighted by molar-refractivity contribution is -0.133. The fraction of sp³-hybridized carbons (Fsp3) is 0.0476. The van der Waals surface area contributed by atoms with Gasteiger partial charge in [0.2, 0.25) is 0 Å². The molecule has 0 aliphatic carbocycles. The molecule has 0 aliphatic rings. The number of nitrogens with one attached hydrogen (secondary N) is 3. The van der Waals surface area contributed by atoms with Gasteiger partial charge in [0.1, 0.15) is 0 Å². The topological polar surface area (TPSA) is 118 Å². The van der Waals surface area contributed by atoms with Gasteiger partial charge in [0.15, 0.2) is 27.5 Å². The summed E-state index contributed by atoms with van der Waals surface area (Å²) in [5.74, 6) is -0.314. The van der Waals surface area contributed by atoms with Gasteiger partial charge in [-0.25, -0.2) is 9.97 Å². The Balaban J connectivity index is 1.41. The van der Waals surface area contributed by atoms with Gasteiger partial charge >= 0.3 is 11.8 Å². The van der Waals surface area contributed by atoms with E-state index in [1.165, 1.54) is 30.2 Å². The Morgan fingerprint density at radius 1 is 0.969 bits per heavy atom. The number of carbonyl (C=O) groups excluding carboxylic acids is 2. The highest BCUT2D eigenvalue weighted by Gasteiger charge is 2.18. The number of benzene rings is 2. The van der Waals surface area contributed by atoms with Gasteiger partial charge < -0.3 is 19.8 Å². The molecule has 2 amide bonds. The zero-order valence-corrected chi connectivity index (χ0v) is 18.3. The highest BCUT2D eigenvalue weighted by atomic mass is 32.2. The van der Waals surface area contributed by atoms with Crippen molar-refractivity contribution in [3.05, 3.63) is 67.1 Å². The quantitative estimate of drug-likeness (QED) is 0.345. The Bertz CT molecular complexity index is 1230. The van der Waals surface area contributed by atoms with Crippen molar-refractivity contribution >= 4 is 45.7 Å². The molecule has 0 bridgehead atoms. The van der Waals surface area contributed by atoms with Crippen molar-refractivity contribution in [2.24, 2.45) is 0 Å². The van der Waals surface area contributed by atoms with E-state index in [2.05, 4.69) is 25.6 Å². The van der Waals surface area contributed by atoms with Crippen LogP contribution in [0.15, 0.2) is 76.5 Å². The lowest BCUT2D eigenvalue weighted by atomic mass is 10.2. The molecule has 2 heterocycles. The third-order valence-corrected chi connectivity index (χ3v) is 5.94. The molecule has 0 fully saturated rings. The molecule has 11 heteroatoms. The predicted octanol–water partition coefficient (Wildman–Crippen LogP) is 4.40. The number of imidazole rings is 1. The second kappa shape index (κ2) is 9.98. The molecule has 9 nitrogen and oxygen atoms in total. The fourth-order valence-electron chi connectivity index (χ4n) is 2.58. The first kappa shape index (κ1) is 21.4. The fourth-order valence-corrected chi connectivity index (χ4v) is 4.30. The largest absolute Gasteiger partial charge is 0.493 e. The van der Waals surface area contributed by atoms with E-state index in [0.717, 1.165) is 4.21 Å². The van der Waals surface area contributed by atoms with Crippen LogP contribution in [0.4, 0.5) is 10.8 Å². The molecule has 2 aromatic carbocycles. The minimum absolute atomic E-state index is 0.303. The van der Waals surface area contributed by atoms with Crippen LogP contribution in [0.1, 0.15) is 0 Å². The summed E-state index contributed by atoms with van der Waals surface area (Å²) in [5.41, 5.74) is 0.340. The Morgan fingerprint density at radius 2 is 1.69 bits per heavy atom. The van der Waals surface area contributed by atoms with Gasteiger partial charge in [0.05, 0.1) is 23.2 Å². The third-order valence-electron chi connectivity index (χ3n) is 4.01. The van der Waals surface area contributed by atoms with Crippen molar-refractivity contribution in [2.75, 3.05) is 17.7 Å². The summed E-state index contributed by atoms with van der Waals surface area (Å²) in [4.78, 5) is 36.0. The first-order valence-electron chi connectivity index (χ1n) is 9.27. The van der Waals surface area contributed by atoms with Crippen LogP contribution in [0.3, 0.4) is 0 Å². The van der Waals surface area contributed by atoms with E-state index in [4.69, 9.17) is 9.47 Å². The van der Waals surface area contributed by atoms with Crippen molar-refractivity contribution < 1.29 is 19.1 Å². The molecule has 4 aromatic rings. The van der Waals surface area contributed by atoms with Gasteiger partial charge in [-0.15, -0.1) is 0 Å². The molecule has 0 saturated carbocycles. The summed E-state index contributed by atoms with van der Waals surface area (Å²) in [6.07, 6.45) is 4.96. The normalized spacial score (nSPS) is 10.4. The Labute approximate surface area is 191 Å². The number of methoxy groups -OCH3 is 1. The Hall–Kier alpha value is -3.83. The average Bonchev–Trinajstić information content (AvgIpc) is 3.48. The van der Waals surface area contributed by atoms with Gasteiger partial charge in [-0.1, -0.05) is 35.6 Å². The first-order chi connectivity index (χ1) is 15.6. The number of ether oxygens (including phenoxy) is 2. The molecule has 0 spiro atoms. The van der Waals surface area contributed by atoms with E-state index in [-0.39, 0.29) is 0 Å². The summed E-state index contributed by atoms with van der Waals surface area (Å²) >= 11 is 2.60. The van der Waals surface area contributed by atoms with Gasteiger partial charge in [-0.05, 0) is 36.0 Å². The maximum atomic E-state index is 12.5. The summed E-state index contributed by atoms with van der Waals surface area (Å²) in [7, 11) is 1.54. The van der Waals surface area contributed by atoms with Crippen LogP contribution in [0.5, 0.6) is 17.2 Å². The molecule has 32 heavy (non-hydrogen) atoms. The summed E-state index contributed by atoms with van der Waals surface area (Å²) in [6, 6.07) is 13.9. The number of rotatable bonds is 7. The van der Waals surface area contributed by atoms with E-state index < -0.39 is 11.8 Å². The number of aromatic amines is 1. The van der Waals surface area contributed by atoms with Crippen LogP contribution in [0.25, 0.3) is 0 Å². The molecular weight excluding hydrogens is 450 g/mol. The molecule has 4 rings (SSSR count). The zero-order chi connectivity index (χ0) is 22.3. The van der Waals surface area contributed by atoms with E-state index in [1.54, 1.807) is 61.1 Å². The van der Waals surface area contributed by atoms with Crippen molar-refractivity contribution in [1.82, 2.24) is 15.0 Å². The highest BCUT2D eigenvalue weighted by molar-refractivity contribution is 8.01. The van der Waals surface area contributed by atoms with Crippen molar-refractivity contribution in [3.63, 3.8) is 0 Å². The highest BCUT2D eigenvalue weighted by Crippen LogP contribution is 2.35. The molecular formula is C21H17N5O4S2. The van der Waals surface area contributed by atoms with Crippen LogP contribution in [0, 0.1) is 0 Å². The first-order valence-corrected chi connectivity index (χ1v) is 10.9. The second-order valence-corrected chi connectivity index (χ2v) is 8.46. The number of nitrogens with zero attached hydrogens (tertiary/aromatic N) is 2. The number of amides is 2. The van der Waals surface area contributed by atoms with Crippen LogP contribution >= 0.6 is 23.1 Å². The smallest absolute Gasteiger partial charge is 0.315 e. The van der Waals surface area contributed by atoms with Crippen molar-refractivity contribution in [2.45, 2.75) is 9.37 Å². The number of carbonyl (C=O) groups is 2. The average molecular weight is 468 g/mol. The molecule has 0 aliphatic heterocycles. The summed E-state index contributed by atoms with van der Waals surface area (Å²) in [6.45, 7) is 0. The number of hydrogen-bond acceptors (Lipinski definition) is 8. The standard InChI is InChI=1S/C21H17N5O4S2/c1-29-15-8-4-5-9-16(15)30-14-7-3-2-6-13(14)25-18(27)19(28)26-21-24-12-17(32-21)31-20-22-10-11-23-20/h2-12H,1H3,(H,22,23)(H,25,27)(H,24,26,28). The maximum absolute atomic E-state index is 12.5. The van der Waals surface area contributed by atoms with E-state index in [0.29, 0.717) is 33.2 Å². The third kappa shape index (κ3) is 5.25. The van der Waals surface area contributed by atoms with Crippen molar-refractivity contribution in [1.29, 1.82) is 0 Å². The second-order valence-electron chi connectivity index (χ2n) is 6.14. The predicted molar refractivity (Wildman–Crippen MR) is 122 cm³/mol.